The number of hydrogen-bond acceptors (Lipinski definition) is 5. The maximum atomic E-state index is 12.7. The van der Waals surface area contributed by atoms with Gasteiger partial charge in [-0.25, -0.2) is 0 Å². The lowest BCUT2D eigenvalue weighted by atomic mass is 9.96. The van der Waals surface area contributed by atoms with Crippen molar-refractivity contribution in [2.45, 2.75) is 19.3 Å². The van der Waals surface area contributed by atoms with Gasteiger partial charge in [-0.05, 0) is 31.5 Å². The number of carbonyl (C=O) groups is 2. The Morgan fingerprint density at radius 1 is 1.22 bits per heavy atom. The van der Waals surface area contributed by atoms with E-state index in [9.17, 15) is 9.59 Å². The number of likely N-dealkylation sites (tertiary alicyclic amines) is 1. The van der Waals surface area contributed by atoms with Crippen LogP contribution in [0.5, 0.6) is 0 Å². The van der Waals surface area contributed by atoms with Crippen LogP contribution >= 0.6 is 0 Å². The summed E-state index contributed by atoms with van der Waals surface area (Å²) in [5, 5.41) is 11.9. The molecule has 1 N–H and O–H groups in total. The largest absolute Gasteiger partial charge is 0.378 e. The van der Waals surface area contributed by atoms with Crippen LogP contribution in [0.25, 0.3) is 0 Å². The third-order valence-corrected chi connectivity index (χ3v) is 5.15. The Bertz CT molecular complexity index is 709. The Balaban J connectivity index is 1.47. The molecule has 0 radical (unpaired) electrons. The molecule has 2 aliphatic rings. The molecule has 1 unspecified atom stereocenters. The van der Waals surface area contributed by atoms with Crippen LogP contribution in [0, 0.1) is 17.2 Å². The smallest absolute Gasteiger partial charge is 0.227 e. The summed E-state index contributed by atoms with van der Waals surface area (Å²) in [5.74, 6) is 0.119. The van der Waals surface area contributed by atoms with Gasteiger partial charge in [0, 0.05) is 32.6 Å². The standard InChI is InChI=1S/C20H26N4O3/c21-14-16-4-1-2-6-18(16)22-19(25)7-9-23-8-3-5-17(15-23)20(26)24-10-12-27-13-11-24/h1-2,4,6,17H,3,5,7-13,15H2,(H,22,25). The fraction of sp³-hybridized carbons (Fsp3) is 0.550. The molecule has 2 saturated heterocycles. The summed E-state index contributed by atoms with van der Waals surface area (Å²) >= 11 is 0. The first kappa shape index (κ1) is 19.3. The molecule has 0 bridgehead atoms. The monoisotopic (exact) mass is 370 g/mol. The van der Waals surface area contributed by atoms with Gasteiger partial charge in [-0.1, -0.05) is 12.1 Å². The second kappa shape index (κ2) is 9.49. The van der Waals surface area contributed by atoms with Crippen LogP contribution in [0.15, 0.2) is 24.3 Å². The summed E-state index contributed by atoms with van der Waals surface area (Å²) < 4.78 is 5.32. The number of rotatable bonds is 5. The molecular weight excluding hydrogens is 344 g/mol. The summed E-state index contributed by atoms with van der Waals surface area (Å²) in [5.41, 5.74) is 1.00. The Kier molecular flexibility index (Phi) is 6.80. The van der Waals surface area contributed by atoms with Crippen LogP contribution in [0.3, 0.4) is 0 Å². The zero-order chi connectivity index (χ0) is 19.1. The van der Waals surface area contributed by atoms with Crippen molar-refractivity contribution in [2.24, 2.45) is 5.92 Å². The van der Waals surface area contributed by atoms with Crippen molar-refractivity contribution >= 4 is 17.5 Å². The lowest BCUT2D eigenvalue weighted by molar-refractivity contribution is -0.141. The molecule has 2 amide bonds. The molecule has 0 spiro atoms. The summed E-state index contributed by atoms with van der Waals surface area (Å²) in [4.78, 5) is 29.0. The number of hydrogen-bond donors (Lipinski definition) is 1. The maximum Gasteiger partial charge on any atom is 0.227 e. The lowest BCUT2D eigenvalue weighted by Crippen LogP contribution is -2.48. The third-order valence-electron chi connectivity index (χ3n) is 5.15. The molecule has 2 fully saturated rings. The van der Waals surface area contributed by atoms with Crippen molar-refractivity contribution in [3.05, 3.63) is 29.8 Å². The SMILES string of the molecule is N#Cc1ccccc1NC(=O)CCN1CCCC(C(=O)N2CCOCC2)C1. The zero-order valence-electron chi connectivity index (χ0n) is 15.5. The highest BCUT2D eigenvalue weighted by atomic mass is 16.5. The van der Waals surface area contributed by atoms with Gasteiger partial charge in [0.2, 0.25) is 11.8 Å². The van der Waals surface area contributed by atoms with E-state index in [2.05, 4.69) is 16.3 Å². The van der Waals surface area contributed by atoms with Gasteiger partial charge in [-0.2, -0.15) is 5.26 Å². The first-order valence-electron chi connectivity index (χ1n) is 9.55. The molecule has 0 aliphatic carbocycles. The zero-order valence-corrected chi connectivity index (χ0v) is 15.5. The number of benzene rings is 1. The normalized spacial score (nSPS) is 20.7. The van der Waals surface area contributed by atoms with E-state index in [1.165, 1.54) is 0 Å². The predicted molar refractivity (Wildman–Crippen MR) is 101 cm³/mol. The summed E-state index contributed by atoms with van der Waals surface area (Å²) in [6.45, 7) is 4.83. The molecule has 0 saturated carbocycles. The first-order valence-corrected chi connectivity index (χ1v) is 9.55. The molecule has 144 valence electrons. The van der Waals surface area contributed by atoms with Crippen molar-refractivity contribution in [1.29, 1.82) is 5.26 Å². The Labute approximate surface area is 159 Å². The molecule has 7 nitrogen and oxygen atoms in total. The molecule has 3 rings (SSSR count). The fourth-order valence-electron chi connectivity index (χ4n) is 3.66. The first-order chi connectivity index (χ1) is 13.2. The van der Waals surface area contributed by atoms with E-state index in [4.69, 9.17) is 10.00 Å². The van der Waals surface area contributed by atoms with Crippen LogP contribution in [-0.4, -0.2) is 67.6 Å². The minimum atomic E-state index is -0.112. The van der Waals surface area contributed by atoms with Crippen LogP contribution in [0.1, 0.15) is 24.8 Å². The van der Waals surface area contributed by atoms with Gasteiger partial charge in [0.05, 0.1) is 30.4 Å². The Morgan fingerprint density at radius 3 is 2.78 bits per heavy atom. The summed E-state index contributed by atoms with van der Waals surface area (Å²) in [6.07, 6.45) is 2.23. The van der Waals surface area contributed by atoms with E-state index < -0.39 is 0 Å². The number of nitrogens with zero attached hydrogens (tertiary/aromatic N) is 3. The topological polar surface area (TPSA) is 85.7 Å². The minimum absolute atomic E-state index is 0.0132. The number of nitriles is 1. The fourth-order valence-corrected chi connectivity index (χ4v) is 3.66. The van der Waals surface area contributed by atoms with Gasteiger partial charge < -0.3 is 19.9 Å². The number of amides is 2. The lowest BCUT2D eigenvalue weighted by Gasteiger charge is -2.36. The quantitative estimate of drug-likeness (QED) is 0.848. The van der Waals surface area contributed by atoms with Gasteiger partial charge in [0.15, 0.2) is 0 Å². The van der Waals surface area contributed by atoms with Crippen LogP contribution in [-0.2, 0) is 14.3 Å². The number of ether oxygens (including phenoxy) is 1. The van der Waals surface area contributed by atoms with Gasteiger partial charge in [-0.15, -0.1) is 0 Å². The van der Waals surface area contributed by atoms with Crippen molar-refractivity contribution < 1.29 is 14.3 Å². The highest BCUT2D eigenvalue weighted by molar-refractivity contribution is 5.92. The Hall–Kier alpha value is -2.43. The molecule has 1 atom stereocenters. The van der Waals surface area contributed by atoms with Crippen molar-refractivity contribution in [1.82, 2.24) is 9.80 Å². The number of para-hydroxylation sites is 1. The predicted octanol–water partition coefficient (Wildman–Crippen LogP) is 1.46. The van der Waals surface area contributed by atoms with Crippen LogP contribution in [0.4, 0.5) is 5.69 Å². The molecule has 27 heavy (non-hydrogen) atoms. The third kappa shape index (κ3) is 5.28. The highest BCUT2D eigenvalue weighted by Gasteiger charge is 2.30. The van der Waals surface area contributed by atoms with E-state index in [1.54, 1.807) is 24.3 Å². The Morgan fingerprint density at radius 2 is 2.00 bits per heavy atom. The summed E-state index contributed by atoms with van der Waals surface area (Å²) in [7, 11) is 0. The van der Waals surface area contributed by atoms with Gasteiger partial charge in [0.1, 0.15) is 6.07 Å². The molecule has 1 aromatic rings. The minimum Gasteiger partial charge on any atom is -0.378 e. The average molecular weight is 370 g/mol. The molecule has 0 aromatic heterocycles. The van der Waals surface area contributed by atoms with E-state index in [-0.39, 0.29) is 17.7 Å². The van der Waals surface area contributed by atoms with Crippen molar-refractivity contribution in [3.8, 4) is 6.07 Å². The summed E-state index contributed by atoms with van der Waals surface area (Å²) in [6, 6.07) is 9.06. The van der Waals surface area contributed by atoms with E-state index in [0.29, 0.717) is 57.1 Å². The number of carbonyl (C=O) groups excluding carboxylic acids is 2. The molecule has 2 heterocycles. The van der Waals surface area contributed by atoms with Crippen molar-refractivity contribution in [2.75, 3.05) is 51.3 Å². The van der Waals surface area contributed by atoms with Gasteiger partial charge in [-0.3, -0.25) is 9.59 Å². The molecule has 7 heteroatoms. The molecular formula is C20H26N4O3. The van der Waals surface area contributed by atoms with Gasteiger partial charge >= 0.3 is 0 Å². The number of morpholine rings is 1. The van der Waals surface area contributed by atoms with Crippen molar-refractivity contribution in [3.63, 3.8) is 0 Å². The second-order valence-electron chi connectivity index (χ2n) is 7.03. The number of piperidine rings is 1. The average Bonchev–Trinajstić information content (AvgIpc) is 2.73. The second-order valence-corrected chi connectivity index (χ2v) is 7.03. The maximum absolute atomic E-state index is 12.7. The van der Waals surface area contributed by atoms with Crippen LogP contribution in [0.2, 0.25) is 0 Å². The number of nitrogens with one attached hydrogen (secondary N) is 1. The van der Waals surface area contributed by atoms with Crippen LogP contribution < -0.4 is 5.32 Å². The van der Waals surface area contributed by atoms with E-state index in [1.807, 2.05) is 4.90 Å². The number of anilines is 1. The van der Waals surface area contributed by atoms with Gasteiger partial charge in [0.25, 0.3) is 0 Å². The van der Waals surface area contributed by atoms with E-state index >= 15 is 0 Å². The molecule has 2 aliphatic heterocycles. The molecule has 1 aromatic carbocycles. The van der Waals surface area contributed by atoms with E-state index in [0.717, 1.165) is 19.4 Å². The highest BCUT2D eigenvalue weighted by Crippen LogP contribution is 2.20.